The first-order valence-corrected chi connectivity index (χ1v) is 10.6. The molecule has 0 saturated carbocycles. The van der Waals surface area contributed by atoms with Gasteiger partial charge >= 0.3 is 0 Å². The fraction of sp³-hybridized carbons (Fsp3) is 0.550. The van der Waals surface area contributed by atoms with Crippen LogP contribution in [0.1, 0.15) is 28.1 Å². The largest absolute Gasteiger partial charge is 0.375 e. The van der Waals surface area contributed by atoms with E-state index >= 15 is 0 Å². The Kier molecular flexibility index (Phi) is 7.22. The molecule has 28 heavy (non-hydrogen) atoms. The maximum atomic E-state index is 5.60. The van der Waals surface area contributed by atoms with Crippen molar-refractivity contribution in [3.63, 3.8) is 0 Å². The van der Waals surface area contributed by atoms with Gasteiger partial charge in [0, 0.05) is 50.7 Å². The van der Waals surface area contributed by atoms with Gasteiger partial charge in [0.15, 0.2) is 5.96 Å². The highest BCUT2D eigenvalue weighted by atomic mass is 32.1. The Morgan fingerprint density at radius 2 is 2.21 bits per heavy atom. The molecule has 1 atom stereocenters. The number of anilines is 1. The van der Waals surface area contributed by atoms with E-state index in [4.69, 9.17) is 4.74 Å². The van der Waals surface area contributed by atoms with Crippen LogP contribution in [0.2, 0.25) is 0 Å². The van der Waals surface area contributed by atoms with Gasteiger partial charge in [-0.15, -0.1) is 11.3 Å². The molecule has 8 heteroatoms. The Morgan fingerprint density at radius 1 is 1.36 bits per heavy atom. The quantitative estimate of drug-likeness (QED) is 0.570. The summed E-state index contributed by atoms with van der Waals surface area (Å²) in [5.41, 5.74) is 2.25. The Labute approximate surface area is 171 Å². The molecular formula is C20H30N6OS. The second kappa shape index (κ2) is 9.84. The van der Waals surface area contributed by atoms with Crippen LogP contribution < -0.4 is 15.5 Å². The van der Waals surface area contributed by atoms with Gasteiger partial charge in [0.1, 0.15) is 5.82 Å². The number of aliphatic imine (C=N–C) groups is 1. The van der Waals surface area contributed by atoms with Crippen molar-refractivity contribution >= 4 is 23.1 Å². The summed E-state index contributed by atoms with van der Waals surface area (Å²) in [6.45, 7) is 10.3. The smallest absolute Gasteiger partial charge is 0.191 e. The molecule has 1 saturated heterocycles. The molecule has 3 heterocycles. The van der Waals surface area contributed by atoms with Gasteiger partial charge in [0.05, 0.1) is 23.4 Å². The maximum Gasteiger partial charge on any atom is 0.191 e. The third-order valence-corrected chi connectivity index (χ3v) is 5.89. The van der Waals surface area contributed by atoms with Crippen molar-refractivity contribution in [2.45, 2.75) is 39.8 Å². The first kappa shape index (κ1) is 20.5. The lowest BCUT2D eigenvalue weighted by Gasteiger charge is -2.32. The number of pyridine rings is 1. The molecule has 0 aliphatic carbocycles. The summed E-state index contributed by atoms with van der Waals surface area (Å²) >= 11 is 1.77. The minimum Gasteiger partial charge on any atom is -0.375 e. The summed E-state index contributed by atoms with van der Waals surface area (Å²) in [5, 5.41) is 7.85. The average molecular weight is 403 g/mol. The highest BCUT2D eigenvalue weighted by Crippen LogP contribution is 2.17. The van der Waals surface area contributed by atoms with Crippen LogP contribution in [0.15, 0.2) is 23.3 Å². The number of ether oxygens (including phenoxy) is 1. The van der Waals surface area contributed by atoms with E-state index in [1.807, 2.05) is 6.20 Å². The second-order valence-corrected chi connectivity index (χ2v) is 8.29. The average Bonchev–Trinajstić information content (AvgIpc) is 3.02. The summed E-state index contributed by atoms with van der Waals surface area (Å²) < 4.78 is 5.60. The van der Waals surface area contributed by atoms with Gasteiger partial charge in [-0.05, 0) is 32.4 Å². The molecular weight excluding hydrogens is 372 g/mol. The Bertz CT molecular complexity index is 769. The number of morpholine rings is 1. The lowest BCUT2D eigenvalue weighted by atomic mass is 10.2. The zero-order valence-electron chi connectivity index (χ0n) is 17.2. The van der Waals surface area contributed by atoms with Crippen molar-refractivity contribution in [1.82, 2.24) is 20.6 Å². The molecule has 2 aromatic heterocycles. The Morgan fingerprint density at radius 3 is 2.86 bits per heavy atom. The molecule has 1 fully saturated rings. The lowest BCUT2D eigenvalue weighted by molar-refractivity contribution is 0.0529. The van der Waals surface area contributed by atoms with E-state index in [2.05, 4.69) is 63.4 Å². The topological polar surface area (TPSA) is 74.7 Å². The summed E-state index contributed by atoms with van der Waals surface area (Å²) in [6.07, 6.45) is 3.08. The number of rotatable bonds is 6. The van der Waals surface area contributed by atoms with Gasteiger partial charge in [-0.3, -0.25) is 4.99 Å². The van der Waals surface area contributed by atoms with E-state index in [0.717, 1.165) is 60.7 Å². The molecule has 0 spiro atoms. The van der Waals surface area contributed by atoms with Crippen LogP contribution >= 0.6 is 11.3 Å². The van der Waals surface area contributed by atoms with Crippen LogP contribution in [0.4, 0.5) is 5.82 Å². The van der Waals surface area contributed by atoms with E-state index in [1.165, 1.54) is 4.88 Å². The van der Waals surface area contributed by atoms with Gasteiger partial charge in [-0.2, -0.15) is 0 Å². The monoisotopic (exact) mass is 402 g/mol. The first-order valence-electron chi connectivity index (χ1n) is 9.74. The molecule has 1 unspecified atom stereocenters. The van der Waals surface area contributed by atoms with E-state index in [0.29, 0.717) is 6.54 Å². The number of aromatic nitrogens is 2. The van der Waals surface area contributed by atoms with E-state index in [9.17, 15) is 0 Å². The predicted octanol–water partition coefficient (Wildman–Crippen LogP) is 2.29. The number of thiazole rings is 1. The molecule has 3 rings (SSSR count). The van der Waals surface area contributed by atoms with Crippen molar-refractivity contribution in [2.75, 3.05) is 38.2 Å². The van der Waals surface area contributed by atoms with Crippen LogP contribution in [0.25, 0.3) is 0 Å². The van der Waals surface area contributed by atoms with E-state index < -0.39 is 0 Å². The molecule has 2 aromatic rings. The SMILES string of the molecule is CN=C(NCCc1nc(C)c(C)s1)NCc1ccc(N2CCOC(C)C2)nc1. The molecule has 0 bridgehead atoms. The summed E-state index contributed by atoms with van der Waals surface area (Å²) in [6, 6.07) is 4.20. The predicted molar refractivity (Wildman–Crippen MR) is 115 cm³/mol. The highest BCUT2D eigenvalue weighted by Gasteiger charge is 2.17. The molecule has 0 aromatic carbocycles. The summed E-state index contributed by atoms with van der Waals surface area (Å²) in [4.78, 5) is 17.0. The zero-order chi connectivity index (χ0) is 19.9. The van der Waals surface area contributed by atoms with Crippen LogP contribution in [-0.2, 0) is 17.7 Å². The van der Waals surface area contributed by atoms with E-state index in [1.54, 1.807) is 18.4 Å². The van der Waals surface area contributed by atoms with Gasteiger partial charge in [0.25, 0.3) is 0 Å². The van der Waals surface area contributed by atoms with Gasteiger partial charge < -0.3 is 20.3 Å². The molecule has 0 radical (unpaired) electrons. The fourth-order valence-electron chi connectivity index (χ4n) is 3.08. The number of aryl methyl sites for hydroxylation is 2. The fourth-order valence-corrected chi connectivity index (χ4v) is 4.01. The summed E-state index contributed by atoms with van der Waals surface area (Å²) in [7, 11) is 1.79. The van der Waals surface area contributed by atoms with Crippen LogP contribution in [0.5, 0.6) is 0 Å². The number of hydrogen-bond donors (Lipinski definition) is 2. The first-order chi connectivity index (χ1) is 13.5. The third-order valence-electron chi connectivity index (χ3n) is 4.76. The minimum atomic E-state index is 0.253. The maximum absolute atomic E-state index is 5.60. The Hall–Kier alpha value is -2.19. The van der Waals surface area contributed by atoms with Crippen molar-refractivity contribution < 1.29 is 4.74 Å². The van der Waals surface area contributed by atoms with Gasteiger partial charge in [-0.1, -0.05) is 6.07 Å². The highest BCUT2D eigenvalue weighted by molar-refractivity contribution is 7.11. The van der Waals surface area contributed by atoms with Crippen LogP contribution in [-0.4, -0.2) is 55.3 Å². The number of nitrogens with zero attached hydrogens (tertiary/aromatic N) is 4. The van der Waals surface area contributed by atoms with Crippen molar-refractivity contribution in [3.05, 3.63) is 39.5 Å². The molecule has 152 valence electrons. The number of guanidine groups is 1. The van der Waals surface area contributed by atoms with Gasteiger partial charge in [0.2, 0.25) is 0 Å². The molecule has 2 N–H and O–H groups in total. The van der Waals surface area contributed by atoms with Gasteiger partial charge in [-0.25, -0.2) is 9.97 Å². The molecule has 7 nitrogen and oxygen atoms in total. The van der Waals surface area contributed by atoms with Crippen molar-refractivity contribution in [3.8, 4) is 0 Å². The lowest BCUT2D eigenvalue weighted by Crippen LogP contribution is -2.41. The van der Waals surface area contributed by atoms with Crippen LogP contribution in [0, 0.1) is 13.8 Å². The molecule has 1 aliphatic rings. The van der Waals surface area contributed by atoms with Crippen molar-refractivity contribution in [2.24, 2.45) is 4.99 Å². The molecule has 0 amide bonds. The second-order valence-electron chi connectivity index (χ2n) is 7.00. The number of hydrogen-bond acceptors (Lipinski definition) is 6. The third kappa shape index (κ3) is 5.65. The Balaban J connectivity index is 1.44. The standard InChI is InChI=1S/C20H30N6OS/c1-14-13-26(9-10-27-14)18-6-5-17(11-23-18)12-24-20(21-4)22-8-7-19-25-15(2)16(3)28-19/h5-6,11,14H,7-10,12-13H2,1-4H3,(H2,21,22,24). The number of nitrogens with one attached hydrogen (secondary N) is 2. The van der Waals surface area contributed by atoms with Crippen molar-refractivity contribution in [1.29, 1.82) is 0 Å². The molecule has 1 aliphatic heterocycles. The zero-order valence-corrected chi connectivity index (χ0v) is 18.0. The summed E-state index contributed by atoms with van der Waals surface area (Å²) in [5.74, 6) is 1.80. The van der Waals surface area contributed by atoms with E-state index in [-0.39, 0.29) is 6.10 Å². The van der Waals surface area contributed by atoms with Crippen LogP contribution in [0.3, 0.4) is 0 Å². The normalized spacial score (nSPS) is 17.6. The minimum absolute atomic E-state index is 0.253.